The molecule has 2 aliphatic carbocycles. The van der Waals surface area contributed by atoms with Gasteiger partial charge in [0.1, 0.15) is 11.3 Å². The Labute approximate surface area is 662 Å². The van der Waals surface area contributed by atoms with Crippen molar-refractivity contribution >= 4 is 116 Å². The Morgan fingerprint density at radius 1 is 0.336 bits per heavy atom. The molecule has 538 valence electrons. The number of rotatable bonds is 15. The van der Waals surface area contributed by atoms with Crippen molar-refractivity contribution < 1.29 is 4.42 Å². The minimum absolute atomic E-state index is 0.213. The summed E-state index contributed by atoms with van der Waals surface area (Å²) in [6.07, 6.45) is 6.15. The lowest BCUT2D eigenvalue weighted by Crippen LogP contribution is -2.17. The summed E-state index contributed by atoms with van der Waals surface area (Å²) < 4.78 is 13.0. The molecule has 6 heteroatoms. The molecule has 0 aliphatic heterocycles. The van der Waals surface area contributed by atoms with E-state index in [0.717, 1.165) is 84.5 Å². The van der Waals surface area contributed by atoms with Gasteiger partial charge in [-0.25, -0.2) is 0 Å². The first-order valence-corrected chi connectivity index (χ1v) is 39.9. The van der Waals surface area contributed by atoms with Gasteiger partial charge in [-0.15, -0.1) is 11.3 Å². The van der Waals surface area contributed by atoms with Gasteiger partial charge in [0.15, 0.2) is 0 Å². The molecule has 19 aromatic rings. The Morgan fingerprint density at radius 2 is 0.788 bits per heavy atom. The van der Waals surface area contributed by atoms with Gasteiger partial charge in [0.2, 0.25) is 0 Å². The van der Waals surface area contributed by atoms with E-state index in [2.05, 4.69) is 424 Å². The number of allylic oxidation sites excluding steroid dienone is 5. The zero-order chi connectivity index (χ0) is 75.8. The number of para-hydroxylation sites is 4. The Bertz CT molecular complexity index is 7070. The van der Waals surface area contributed by atoms with Crippen LogP contribution >= 0.6 is 11.3 Å². The molecule has 0 saturated carbocycles. The van der Waals surface area contributed by atoms with Gasteiger partial charge < -0.3 is 23.4 Å². The zero-order valence-corrected chi connectivity index (χ0v) is 64.3. The van der Waals surface area contributed by atoms with E-state index in [1.807, 2.05) is 17.4 Å². The molecule has 0 spiro atoms. The number of aromatic nitrogens is 2. The van der Waals surface area contributed by atoms with Crippen LogP contribution in [0.1, 0.15) is 56.9 Å². The van der Waals surface area contributed by atoms with Gasteiger partial charge in [0, 0.05) is 98.4 Å². The van der Waals surface area contributed by atoms with Crippen LogP contribution in [0.25, 0.3) is 148 Å². The standard InChI is InChI=1S/C107H78N4OS/c1-7-8-28-94-68(2)87-55-53-85(66-96(87)106(94,3)4)108(81-45-34-69(35-46-81)73-43-58-100-92(61-73)89-26-16-18-29-98(89)110(100)79-22-11-9-12-23-79)83-49-38-71(39-50-83)102-64-77-33-32-76(63-103(77)112-102)75-42-57-95-91(60-75)88-56-54-86(67-97(88)107(95,5)6)109(84-51-40-72(41-52-84)105-65-78-21-15-20-31-104(78)113-105)82-47-36-70(37-48-82)74-44-59-101-93(62-74)90-27-17-19-30-99(90)111(101)80-24-13-10-14-25-80/h7-67H,1H2,2-6H3/b28-8-. The van der Waals surface area contributed by atoms with Crippen LogP contribution in [0.2, 0.25) is 0 Å². The number of hydrogen-bond donors (Lipinski definition) is 0. The van der Waals surface area contributed by atoms with E-state index >= 15 is 0 Å². The van der Waals surface area contributed by atoms with E-state index in [9.17, 15) is 0 Å². The van der Waals surface area contributed by atoms with Gasteiger partial charge in [-0.05, 0) is 272 Å². The molecule has 0 amide bonds. The number of thiophene rings is 1. The van der Waals surface area contributed by atoms with E-state index in [4.69, 9.17) is 4.42 Å². The topological polar surface area (TPSA) is 29.5 Å². The van der Waals surface area contributed by atoms with Gasteiger partial charge in [-0.2, -0.15) is 0 Å². The van der Waals surface area contributed by atoms with Gasteiger partial charge in [-0.1, -0.05) is 228 Å². The lowest BCUT2D eigenvalue weighted by molar-refractivity contribution is 0.631. The molecule has 5 nitrogen and oxygen atoms in total. The maximum atomic E-state index is 6.91. The monoisotopic (exact) mass is 1470 g/mol. The quantitative estimate of drug-likeness (QED) is 0.0958. The number of nitrogens with zero attached hydrogens (tertiary/aromatic N) is 4. The normalized spacial score (nSPS) is 13.5. The van der Waals surface area contributed by atoms with Gasteiger partial charge in [0.05, 0.1) is 22.1 Å². The van der Waals surface area contributed by atoms with Gasteiger partial charge >= 0.3 is 0 Å². The lowest BCUT2D eigenvalue weighted by Gasteiger charge is -2.29. The van der Waals surface area contributed by atoms with Crippen LogP contribution in [-0.2, 0) is 10.8 Å². The molecule has 0 atom stereocenters. The molecule has 2 aliphatic rings. The number of hydrogen-bond acceptors (Lipinski definition) is 4. The maximum Gasteiger partial charge on any atom is 0.135 e. The van der Waals surface area contributed by atoms with Crippen LogP contribution in [0.15, 0.2) is 387 Å². The van der Waals surface area contributed by atoms with Crippen molar-refractivity contribution in [3.8, 4) is 77.6 Å². The predicted octanol–water partition coefficient (Wildman–Crippen LogP) is 30.2. The van der Waals surface area contributed by atoms with Crippen LogP contribution in [-0.4, -0.2) is 9.13 Å². The third-order valence-corrected chi connectivity index (χ3v) is 25.3. The third kappa shape index (κ3) is 11.2. The highest BCUT2D eigenvalue weighted by Crippen LogP contribution is 2.54. The fourth-order valence-corrected chi connectivity index (χ4v) is 19.4. The first kappa shape index (κ1) is 67.3. The minimum atomic E-state index is -0.273. The van der Waals surface area contributed by atoms with E-state index in [1.165, 1.54) is 125 Å². The smallest absolute Gasteiger partial charge is 0.135 e. The van der Waals surface area contributed by atoms with Crippen LogP contribution in [0.3, 0.4) is 0 Å². The summed E-state index contributed by atoms with van der Waals surface area (Å²) in [4.78, 5) is 6.08. The number of anilines is 6. The summed E-state index contributed by atoms with van der Waals surface area (Å²) in [5.74, 6) is 0.823. The summed E-state index contributed by atoms with van der Waals surface area (Å²) in [5, 5.41) is 7.28. The third-order valence-electron chi connectivity index (χ3n) is 24.1. The van der Waals surface area contributed by atoms with E-state index < -0.39 is 0 Å². The second-order valence-electron chi connectivity index (χ2n) is 31.3. The molecular weight excluding hydrogens is 1390 g/mol. The molecule has 0 saturated heterocycles. The summed E-state index contributed by atoms with van der Waals surface area (Å²) in [6.45, 7) is 15.7. The average molecular weight is 1470 g/mol. The highest BCUT2D eigenvalue weighted by molar-refractivity contribution is 7.22. The highest BCUT2D eigenvalue weighted by Gasteiger charge is 2.38. The van der Waals surface area contributed by atoms with Gasteiger partial charge in [-0.3, -0.25) is 0 Å². The largest absolute Gasteiger partial charge is 0.456 e. The Morgan fingerprint density at radius 3 is 1.35 bits per heavy atom. The zero-order valence-electron chi connectivity index (χ0n) is 63.5. The fraction of sp³-hybridized carbons (Fsp3) is 0.0654. The summed E-state index contributed by atoms with van der Waals surface area (Å²) in [5.41, 5.74) is 33.4. The SMILES string of the molecule is C=C/C=C\C1=C(C)c2ccc(N(c3ccc(-c4ccc5c(c4)c4ccccc4n5-c4ccccc4)cc3)c3ccc(-c4cc5ccc(-c6ccc7c(c6)-c6ccc(N(c8ccc(-c9ccc%10c(c9)c9ccccc9n%10-c9ccccc9)cc8)c8ccc(-c9cc%10ccccc%10s9)cc8)cc6C7(C)C)cc5o4)cc3)cc2C1(C)C. The number of furan rings is 1. The Hall–Kier alpha value is -13.8. The molecule has 113 heavy (non-hydrogen) atoms. The van der Waals surface area contributed by atoms with E-state index in [0.29, 0.717) is 0 Å². The molecule has 0 fully saturated rings. The van der Waals surface area contributed by atoms with Gasteiger partial charge in [0.25, 0.3) is 0 Å². The molecule has 0 N–H and O–H groups in total. The van der Waals surface area contributed by atoms with Crippen molar-refractivity contribution in [3.63, 3.8) is 0 Å². The fourth-order valence-electron chi connectivity index (χ4n) is 18.4. The molecule has 4 heterocycles. The highest BCUT2D eigenvalue weighted by atomic mass is 32.1. The Balaban J connectivity index is 0.589. The molecule has 0 unspecified atom stereocenters. The second kappa shape index (κ2) is 26.5. The molecule has 4 aromatic heterocycles. The minimum Gasteiger partial charge on any atom is -0.456 e. The number of benzene rings is 15. The van der Waals surface area contributed by atoms with Crippen molar-refractivity contribution in [1.29, 1.82) is 0 Å². The molecule has 15 aromatic carbocycles. The Kier molecular flexibility index (Phi) is 15.8. The van der Waals surface area contributed by atoms with Crippen molar-refractivity contribution in [2.75, 3.05) is 9.80 Å². The average Bonchev–Trinajstić information content (AvgIpc) is 1.62. The van der Waals surface area contributed by atoms with Crippen molar-refractivity contribution in [2.45, 2.75) is 45.4 Å². The van der Waals surface area contributed by atoms with E-state index in [1.54, 1.807) is 0 Å². The predicted molar refractivity (Wildman–Crippen MR) is 479 cm³/mol. The second-order valence-corrected chi connectivity index (χ2v) is 32.4. The maximum absolute atomic E-state index is 6.91. The van der Waals surface area contributed by atoms with Crippen molar-refractivity contribution in [1.82, 2.24) is 9.13 Å². The molecule has 21 rings (SSSR count). The summed E-state index contributed by atoms with van der Waals surface area (Å²) in [7, 11) is 0. The summed E-state index contributed by atoms with van der Waals surface area (Å²) in [6, 6.07) is 130. The van der Waals surface area contributed by atoms with Crippen LogP contribution < -0.4 is 9.80 Å². The molecule has 0 bridgehead atoms. The van der Waals surface area contributed by atoms with Crippen molar-refractivity contribution in [3.05, 3.63) is 404 Å². The van der Waals surface area contributed by atoms with E-state index in [-0.39, 0.29) is 10.8 Å². The van der Waals surface area contributed by atoms with Crippen LogP contribution in [0.5, 0.6) is 0 Å². The first-order valence-electron chi connectivity index (χ1n) is 39.0. The summed E-state index contributed by atoms with van der Waals surface area (Å²) >= 11 is 1.84. The lowest BCUT2D eigenvalue weighted by atomic mass is 9.80. The number of fused-ring (bicyclic) bond motifs is 12. The molecule has 0 radical (unpaired) electrons. The van der Waals surface area contributed by atoms with Crippen molar-refractivity contribution in [2.24, 2.45) is 0 Å². The van der Waals surface area contributed by atoms with Crippen LogP contribution in [0, 0.1) is 0 Å². The first-order chi connectivity index (χ1) is 55.4. The molecular formula is C107H78N4OS. The van der Waals surface area contributed by atoms with Crippen LogP contribution in [0.4, 0.5) is 34.1 Å².